The smallest absolute Gasteiger partial charge is 0.160 e. The summed E-state index contributed by atoms with van der Waals surface area (Å²) in [5, 5.41) is 2.26. The number of rotatable bonds is 3. The molecular formula is C49H30N2O. The molecule has 52 heavy (non-hydrogen) atoms. The van der Waals surface area contributed by atoms with Gasteiger partial charge in [-0.15, -0.1) is 0 Å². The lowest BCUT2D eigenvalue weighted by Crippen LogP contribution is -2.30. The molecule has 2 aliphatic rings. The normalized spacial score (nSPS) is 15.3. The fraction of sp³-hybridized carbons (Fsp3) is 0.0204. The summed E-state index contributed by atoms with van der Waals surface area (Å²) in [4.78, 5) is 10.3. The van der Waals surface area contributed by atoms with E-state index >= 15 is 0 Å². The summed E-state index contributed by atoms with van der Waals surface area (Å²) in [7, 11) is 0. The number of aromatic nitrogens is 2. The van der Waals surface area contributed by atoms with Crippen LogP contribution < -0.4 is 0 Å². The van der Waals surface area contributed by atoms with Gasteiger partial charge in [0.2, 0.25) is 0 Å². The summed E-state index contributed by atoms with van der Waals surface area (Å²) >= 11 is 0. The predicted octanol–water partition coefficient (Wildman–Crippen LogP) is 12.2. The van der Waals surface area contributed by atoms with Crippen molar-refractivity contribution in [1.82, 2.24) is 9.97 Å². The van der Waals surface area contributed by atoms with Crippen LogP contribution in [0, 0.1) is 0 Å². The molecule has 2 aromatic heterocycles. The molecule has 9 aromatic rings. The van der Waals surface area contributed by atoms with Crippen LogP contribution in [0.25, 0.3) is 79.1 Å². The first-order chi connectivity index (χ1) is 25.8. The minimum absolute atomic E-state index is 0.596. The Morgan fingerprint density at radius 3 is 1.87 bits per heavy atom. The third-order valence-electron chi connectivity index (χ3n) is 10.9. The first kappa shape index (κ1) is 28.9. The Morgan fingerprint density at radius 2 is 1.04 bits per heavy atom. The molecule has 3 heteroatoms. The Morgan fingerprint density at radius 1 is 0.385 bits per heavy atom. The molecule has 0 fully saturated rings. The number of fused-ring (bicyclic) bond motifs is 12. The lowest BCUT2D eigenvalue weighted by Gasteiger charge is -2.35. The maximum atomic E-state index is 6.48. The maximum Gasteiger partial charge on any atom is 0.160 e. The van der Waals surface area contributed by atoms with Crippen molar-refractivity contribution < 1.29 is 4.42 Å². The van der Waals surface area contributed by atoms with Gasteiger partial charge in [0.25, 0.3) is 0 Å². The maximum absolute atomic E-state index is 6.48. The second-order valence-electron chi connectivity index (χ2n) is 13.7. The quantitative estimate of drug-likeness (QED) is 0.189. The van der Waals surface area contributed by atoms with Crippen LogP contribution in [-0.2, 0) is 5.41 Å². The Hall–Kier alpha value is -6.84. The van der Waals surface area contributed by atoms with Crippen molar-refractivity contribution in [1.29, 1.82) is 0 Å². The van der Waals surface area contributed by atoms with E-state index in [0.29, 0.717) is 5.82 Å². The summed E-state index contributed by atoms with van der Waals surface area (Å²) in [5.41, 5.74) is 15.9. The molecule has 0 N–H and O–H groups in total. The molecule has 0 aliphatic heterocycles. The van der Waals surface area contributed by atoms with Gasteiger partial charge in [0.15, 0.2) is 5.82 Å². The van der Waals surface area contributed by atoms with E-state index in [1.807, 2.05) is 30.3 Å². The molecule has 0 saturated carbocycles. The van der Waals surface area contributed by atoms with E-state index in [4.69, 9.17) is 14.4 Å². The van der Waals surface area contributed by atoms with Crippen molar-refractivity contribution in [3.05, 3.63) is 203 Å². The number of furan rings is 1. The molecule has 1 spiro atoms. The highest BCUT2D eigenvalue weighted by Crippen LogP contribution is 2.59. The van der Waals surface area contributed by atoms with Gasteiger partial charge in [-0.3, -0.25) is 0 Å². The van der Waals surface area contributed by atoms with Crippen molar-refractivity contribution >= 4 is 34.1 Å². The van der Waals surface area contributed by atoms with E-state index in [1.165, 1.54) is 44.5 Å². The zero-order chi connectivity index (χ0) is 34.2. The van der Waals surface area contributed by atoms with Crippen LogP contribution in [-0.4, -0.2) is 9.97 Å². The van der Waals surface area contributed by atoms with Gasteiger partial charge in [0.1, 0.15) is 11.2 Å². The minimum atomic E-state index is -0.596. The van der Waals surface area contributed by atoms with Crippen molar-refractivity contribution in [2.24, 2.45) is 0 Å². The largest absolute Gasteiger partial charge is 0.456 e. The van der Waals surface area contributed by atoms with Crippen molar-refractivity contribution in [2.75, 3.05) is 0 Å². The monoisotopic (exact) mass is 662 g/mol. The Balaban J connectivity index is 1.23. The topological polar surface area (TPSA) is 38.9 Å². The average Bonchev–Trinajstić information content (AvgIpc) is 3.67. The third kappa shape index (κ3) is 4.14. The van der Waals surface area contributed by atoms with E-state index in [9.17, 15) is 0 Å². The minimum Gasteiger partial charge on any atom is -0.456 e. The van der Waals surface area contributed by atoms with Crippen LogP contribution in [0.3, 0.4) is 0 Å². The number of para-hydroxylation sites is 1. The number of hydrogen-bond acceptors (Lipinski definition) is 3. The van der Waals surface area contributed by atoms with E-state index in [2.05, 4.69) is 152 Å². The lowest BCUT2D eigenvalue weighted by molar-refractivity contribution is 0.668. The van der Waals surface area contributed by atoms with Crippen LogP contribution in [0.1, 0.15) is 33.4 Å². The van der Waals surface area contributed by atoms with Gasteiger partial charge in [0, 0.05) is 27.5 Å². The molecule has 2 aliphatic carbocycles. The molecule has 0 amide bonds. The van der Waals surface area contributed by atoms with Crippen LogP contribution in [0.15, 0.2) is 174 Å². The molecule has 1 atom stereocenters. The summed E-state index contributed by atoms with van der Waals surface area (Å²) in [6.45, 7) is 0. The highest BCUT2D eigenvalue weighted by molar-refractivity contribution is 6.08. The zero-order valence-electron chi connectivity index (χ0n) is 28.1. The fourth-order valence-corrected chi connectivity index (χ4v) is 8.64. The number of benzene rings is 7. The Bertz CT molecular complexity index is 2850. The fourth-order valence-electron chi connectivity index (χ4n) is 8.64. The van der Waals surface area contributed by atoms with Gasteiger partial charge >= 0.3 is 0 Å². The van der Waals surface area contributed by atoms with E-state index in [0.717, 1.165) is 50.0 Å². The van der Waals surface area contributed by atoms with Gasteiger partial charge in [0.05, 0.1) is 16.8 Å². The van der Waals surface area contributed by atoms with Crippen LogP contribution in [0.4, 0.5) is 0 Å². The van der Waals surface area contributed by atoms with Crippen LogP contribution >= 0.6 is 0 Å². The average molecular weight is 663 g/mol. The van der Waals surface area contributed by atoms with Crippen LogP contribution in [0.2, 0.25) is 0 Å². The molecule has 2 heterocycles. The van der Waals surface area contributed by atoms with E-state index in [1.54, 1.807) is 0 Å². The molecule has 11 rings (SSSR count). The van der Waals surface area contributed by atoms with Crippen LogP contribution in [0.5, 0.6) is 0 Å². The van der Waals surface area contributed by atoms with Crippen molar-refractivity contribution in [3.63, 3.8) is 0 Å². The number of nitrogens with zero attached hydrogens (tertiary/aromatic N) is 2. The Labute approximate surface area is 301 Å². The molecule has 242 valence electrons. The van der Waals surface area contributed by atoms with Crippen molar-refractivity contribution in [3.8, 4) is 45.0 Å². The predicted molar refractivity (Wildman–Crippen MR) is 212 cm³/mol. The van der Waals surface area contributed by atoms with Gasteiger partial charge < -0.3 is 4.42 Å². The highest BCUT2D eigenvalue weighted by atomic mass is 16.3. The molecule has 7 aromatic carbocycles. The lowest BCUT2D eigenvalue weighted by atomic mass is 9.65. The highest BCUT2D eigenvalue weighted by Gasteiger charge is 2.49. The summed E-state index contributed by atoms with van der Waals surface area (Å²) in [6, 6.07) is 60.5. The first-order valence-electron chi connectivity index (χ1n) is 17.7. The summed E-state index contributed by atoms with van der Waals surface area (Å²) in [5.74, 6) is 0.706. The molecular weight excluding hydrogens is 633 g/mol. The second-order valence-corrected chi connectivity index (χ2v) is 13.7. The van der Waals surface area contributed by atoms with Gasteiger partial charge in [-0.05, 0) is 74.8 Å². The molecule has 0 bridgehead atoms. The van der Waals surface area contributed by atoms with Crippen molar-refractivity contribution in [2.45, 2.75) is 5.41 Å². The first-order valence-corrected chi connectivity index (χ1v) is 17.7. The number of hydrogen-bond donors (Lipinski definition) is 0. The van der Waals surface area contributed by atoms with Gasteiger partial charge in [-0.1, -0.05) is 152 Å². The van der Waals surface area contributed by atoms with Gasteiger partial charge in [-0.25, -0.2) is 9.97 Å². The van der Waals surface area contributed by atoms with Gasteiger partial charge in [-0.2, -0.15) is 0 Å². The zero-order valence-corrected chi connectivity index (χ0v) is 28.1. The summed E-state index contributed by atoms with van der Waals surface area (Å²) < 4.78 is 6.48. The molecule has 1 unspecified atom stereocenters. The standard InChI is InChI=1S/C49H30N2O/c1-3-14-33(15-4-1)44-30-45(51-48(50-44)34-16-5-2-6-17-34)35-26-25-32-24-23-31-13-7-10-20-40(31)49(42(32)27-35)41-21-11-8-18-36(41)38-29-47-39(28-43(38)49)37-19-9-12-22-46(37)52-47/h1-30H. The second kappa shape index (κ2) is 11.1. The molecule has 0 saturated heterocycles. The SMILES string of the molecule is C1=Cc2ccc(-c3cc(-c4ccccc4)nc(-c4ccccc4)n3)cc2C2(c3ccccc31)c1ccccc1-c1cc3oc4ccccc4c3cc12. The Kier molecular flexibility index (Phi) is 6.17. The third-order valence-corrected chi connectivity index (χ3v) is 10.9. The molecule has 3 nitrogen and oxygen atoms in total. The van der Waals surface area contributed by atoms with E-state index < -0.39 is 5.41 Å². The van der Waals surface area contributed by atoms with E-state index in [-0.39, 0.29) is 0 Å². The molecule has 0 radical (unpaired) electrons. The summed E-state index contributed by atoms with van der Waals surface area (Å²) in [6.07, 6.45) is 4.56.